The molecule has 5 nitrogen and oxygen atoms in total. The monoisotopic (exact) mass is 345 g/mol. The number of anilines is 1. The number of unbranched alkanes of at least 4 members (excludes halogenated alkanes) is 1. The van der Waals surface area contributed by atoms with Gasteiger partial charge in [0.05, 0.1) is 12.4 Å². The average Bonchev–Trinajstić information content (AvgIpc) is 2.54. The van der Waals surface area contributed by atoms with E-state index in [4.69, 9.17) is 4.74 Å². The largest absolute Gasteiger partial charge is 0.494 e. The van der Waals surface area contributed by atoms with Gasteiger partial charge in [-0.2, -0.15) is 0 Å². The van der Waals surface area contributed by atoms with Crippen molar-refractivity contribution in [2.24, 2.45) is 0 Å². The van der Waals surface area contributed by atoms with E-state index in [0.29, 0.717) is 5.16 Å². The number of nitrogens with one attached hydrogen (secondary N) is 1. The van der Waals surface area contributed by atoms with Gasteiger partial charge in [-0.25, -0.2) is 9.97 Å². The highest BCUT2D eigenvalue weighted by Crippen LogP contribution is 2.18. The number of nitrogens with zero attached hydrogens (tertiary/aromatic N) is 2. The molecule has 6 heteroatoms. The topological polar surface area (TPSA) is 64.1 Å². The van der Waals surface area contributed by atoms with Gasteiger partial charge in [0.15, 0.2) is 5.16 Å². The molecule has 0 saturated heterocycles. The fraction of sp³-hybridized carbons (Fsp3) is 0.389. The third-order valence-corrected chi connectivity index (χ3v) is 4.05. The molecule has 0 bridgehead atoms. The minimum absolute atomic E-state index is 0.0811. The van der Waals surface area contributed by atoms with Crippen molar-refractivity contribution in [1.82, 2.24) is 9.97 Å². The third-order valence-electron chi connectivity index (χ3n) is 3.20. The quantitative estimate of drug-likeness (QED) is 0.445. The number of thioether (sulfide) groups is 1. The van der Waals surface area contributed by atoms with E-state index in [0.717, 1.165) is 42.3 Å². The second-order valence-electron chi connectivity index (χ2n) is 5.50. The zero-order valence-electron chi connectivity index (χ0n) is 14.3. The van der Waals surface area contributed by atoms with Crippen LogP contribution in [0.1, 0.15) is 31.2 Å². The summed E-state index contributed by atoms with van der Waals surface area (Å²) >= 11 is 1.33. The van der Waals surface area contributed by atoms with Gasteiger partial charge in [-0.3, -0.25) is 4.79 Å². The molecule has 0 fully saturated rings. The van der Waals surface area contributed by atoms with Gasteiger partial charge >= 0.3 is 0 Å². The van der Waals surface area contributed by atoms with Crippen molar-refractivity contribution in [2.75, 3.05) is 17.7 Å². The molecule has 1 heterocycles. The normalized spacial score (nSPS) is 10.5. The zero-order chi connectivity index (χ0) is 17.4. The molecule has 0 radical (unpaired) electrons. The Labute approximate surface area is 147 Å². The molecule has 0 aliphatic carbocycles. The van der Waals surface area contributed by atoms with Gasteiger partial charge < -0.3 is 10.1 Å². The smallest absolute Gasteiger partial charge is 0.234 e. The number of carbonyl (C=O) groups excluding carboxylic acids is 1. The summed E-state index contributed by atoms with van der Waals surface area (Å²) in [7, 11) is 0. The van der Waals surface area contributed by atoms with E-state index in [-0.39, 0.29) is 11.7 Å². The number of benzene rings is 1. The fourth-order valence-electron chi connectivity index (χ4n) is 2.05. The first kappa shape index (κ1) is 18.3. The maximum Gasteiger partial charge on any atom is 0.234 e. The number of aryl methyl sites for hydroxylation is 2. The molecule has 1 aromatic heterocycles. The summed E-state index contributed by atoms with van der Waals surface area (Å²) in [4.78, 5) is 20.7. The predicted molar refractivity (Wildman–Crippen MR) is 97.7 cm³/mol. The van der Waals surface area contributed by atoms with Crippen LogP contribution in [-0.2, 0) is 4.79 Å². The molecule has 0 unspecified atom stereocenters. The van der Waals surface area contributed by atoms with Crippen LogP contribution in [-0.4, -0.2) is 28.2 Å². The van der Waals surface area contributed by atoms with Crippen LogP contribution in [0.5, 0.6) is 5.75 Å². The molecule has 24 heavy (non-hydrogen) atoms. The molecule has 1 amide bonds. The molecular weight excluding hydrogens is 322 g/mol. The van der Waals surface area contributed by atoms with E-state index in [1.807, 2.05) is 44.2 Å². The average molecular weight is 345 g/mol. The molecule has 0 aliphatic heterocycles. The predicted octanol–water partition coefficient (Wildman–Crippen LogP) is 4.00. The Morgan fingerprint density at radius 3 is 2.46 bits per heavy atom. The lowest BCUT2D eigenvalue weighted by Gasteiger charge is -2.08. The van der Waals surface area contributed by atoms with Crippen LogP contribution in [0.15, 0.2) is 35.5 Å². The maximum atomic E-state index is 12.0. The van der Waals surface area contributed by atoms with Crippen LogP contribution in [0.2, 0.25) is 0 Å². The Bertz CT molecular complexity index is 654. The van der Waals surface area contributed by atoms with Gasteiger partial charge in [-0.1, -0.05) is 25.1 Å². The van der Waals surface area contributed by atoms with Crippen molar-refractivity contribution < 1.29 is 9.53 Å². The van der Waals surface area contributed by atoms with Crippen molar-refractivity contribution in [2.45, 2.75) is 38.8 Å². The Hall–Kier alpha value is -2.08. The van der Waals surface area contributed by atoms with Gasteiger partial charge in [-0.15, -0.1) is 0 Å². The molecule has 1 N–H and O–H groups in total. The summed E-state index contributed by atoms with van der Waals surface area (Å²) in [5.41, 5.74) is 2.57. The summed E-state index contributed by atoms with van der Waals surface area (Å²) < 4.78 is 5.60. The van der Waals surface area contributed by atoms with Crippen molar-refractivity contribution in [1.29, 1.82) is 0 Å². The number of aromatic nitrogens is 2. The molecule has 0 atom stereocenters. The summed E-state index contributed by atoms with van der Waals surface area (Å²) in [5, 5.41) is 3.49. The van der Waals surface area contributed by atoms with Crippen LogP contribution in [0.4, 0.5) is 5.69 Å². The maximum absolute atomic E-state index is 12.0. The highest BCUT2D eigenvalue weighted by Gasteiger charge is 2.07. The molecule has 0 aliphatic rings. The van der Waals surface area contributed by atoms with E-state index in [9.17, 15) is 4.79 Å². The van der Waals surface area contributed by atoms with Crippen LogP contribution < -0.4 is 10.1 Å². The number of amides is 1. The zero-order valence-corrected chi connectivity index (χ0v) is 15.2. The SMILES string of the molecule is CCCCOc1ccc(NC(=O)CSc2nc(C)cc(C)n2)cc1. The first-order chi connectivity index (χ1) is 11.6. The first-order valence-electron chi connectivity index (χ1n) is 8.04. The summed E-state index contributed by atoms with van der Waals surface area (Å²) in [6.45, 7) is 6.68. The van der Waals surface area contributed by atoms with E-state index in [1.165, 1.54) is 11.8 Å². The summed E-state index contributed by atoms with van der Waals surface area (Å²) in [6.07, 6.45) is 2.15. The van der Waals surface area contributed by atoms with Gasteiger partial charge in [0.1, 0.15) is 5.75 Å². The fourth-order valence-corrected chi connectivity index (χ4v) is 2.80. The standard InChI is InChI=1S/C18H23N3O2S/c1-4-5-10-23-16-8-6-15(7-9-16)21-17(22)12-24-18-19-13(2)11-14(3)20-18/h6-9,11H,4-5,10,12H2,1-3H3,(H,21,22). The minimum atomic E-state index is -0.0811. The van der Waals surface area contributed by atoms with Crippen molar-refractivity contribution in [3.05, 3.63) is 41.7 Å². The van der Waals surface area contributed by atoms with Crippen molar-refractivity contribution >= 4 is 23.4 Å². The first-order valence-corrected chi connectivity index (χ1v) is 9.03. The Kier molecular flexibility index (Phi) is 7.06. The highest BCUT2D eigenvalue weighted by molar-refractivity contribution is 7.99. The molecule has 128 valence electrons. The second kappa shape index (κ2) is 9.27. The molecular formula is C18H23N3O2S. The molecule has 0 saturated carbocycles. The van der Waals surface area contributed by atoms with Gasteiger partial charge in [0.2, 0.25) is 5.91 Å². The number of rotatable bonds is 8. The van der Waals surface area contributed by atoms with Crippen molar-refractivity contribution in [3.8, 4) is 5.75 Å². The lowest BCUT2D eigenvalue weighted by molar-refractivity contribution is -0.113. The Morgan fingerprint density at radius 1 is 1.17 bits per heavy atom. The number of carbonyl (C=O) groups is 1. The second-order valence-corrected chi connectivity index (χ2v) is 6.44. The number of hydrogen-bond donors (Lipinski definition) is 1. The summed E-state index contributed by atoms with van der Waals surface area (Å²) in [5.74, 6) is 1.01. The number of hydrogen-bond acceptors (Lipinski definition) is 5. The minimum Gasteiger partial charge on any atom is -0.494 e. The molecule has 1 aromatic carbocycles. The Balaban J connectivity index is 1.81. The van der Waals surface area contributed by atoms with Crippen LogP contribution in [0.3, 0.4) is 0 Å². The van der Waals surface area contributed by atoms with Crippen LogP contribution in [0, 0.1) is 13.8 Å². The molecule has 2 aromatic rings. The van der Waals surface area contributed by atoms with Crippen LogP contribution in [0.25, 0.3) is 0 Å². The van der Waals surface area contributed by atoms with E-state index in [1.54, 1.807) is 0 Å². The Morgan fingerprint density at radius 2 is 1.83 bits per heavy atom. The van der Waals surface area contributed by atoms with Gasteiger partial charge in [0, 0.05) is 17.1 Å². The van der Waals surface area contributed by atoms with Crippen LogP contribution >= 0.6 is 11.8 Å². The van der Waals surface area contributed by atoms with E-state index >= 15 is 0 Å². The third kappa shape index (κ3) is 6.20. The van der Waals surface area contributed by atoms with E-state index < -0.39 is 0 Å². The molecule has 0 spiro atoms. The van der Waals surface area contributed by atoms with Gasteiger partial charge in [0.25, 0.3) is 0 Å². The number of ether oxygens (including phenoxy) is 1. The lowest BCUT2D eigenvalue weighted by Crippen LogP contribution is -2.14. The lowest BCUT2D eigenvalue weighted by atomic mass is 10.3. The highest BCUT2D eigenvalue weighted by atomic mass is 32.2. The molecule has 2 rings (SSSR count). The summed E-state index contributed by atoms with van der Waals surface area (Å²) in [6, 6.07) is 9.33. The van der Waals surface area contributed by atoms with Crippen molar-refractivity contribution in [3.63, 3.8) is 0 Å². The van der Waals surface area contributed by atoms with E-state index in [2.05, 4.69) is 22.2 Å². The van der Waals surface area contributed by atoms with Gasteiger partial charge in [-0.05, 0) is 50.6 Å².